The lowest BCUT2D eigenvalue weighted by atomic mass is 9.96. The number of nitrogens with zero attached hydrogens (tertiary/aromatic N) is 1. The first-order valence-corrected chi connectivity index (χ1v) is 8.89. The van der Waals surface area contributed by atoms with Crippen molar-refractivity contribution < 1.29 is 14.4 Å². The molecule has 2 aromatic rings. The van der Waals surface area contributed by atoms with Crippen LogP contribution in [0.15, 0.2) is 54.6 Å². The highest BCUT2D eigenvalue weighted by Crippen LogP contribution is 2.23. The monoisotopic (exact) mass is 350 g/mol. The summed E-state index contributed by atoms with van der Waals surface area (Å²) in [4.78, 5) is 37.1. The average molecular weight is 350 g/mol. The molecule has 3 amide bonds. The molecule has 1 saturated heterocycles. The lowest BCUT2D eigenvalue weighted by Gasteiger charge is -2.17. The molecule has 0 saturated carbocycles. The second-order valence-corrected chi connectivity index (χ2v) is 6.40. The number of rotatable bonds is 6. The zero-order valence-electron chi connectivity index (χ0n) is 14.8. The van der Waals surface area contributed by atoms with E-state index in [1.54, 1.807) is 24.3 Å². The van der Waals surface area contributed by atoms with Gasteiger partial charge in [-0.15, -0.1) is 0 Å². The summed E-state index contributed by atoms with van der Waals surface area (Å²) in [5, 5.41) is 2.97. The molecule has 26 heavy (non-hydrogen) atoms. The number of benzene rings is 2. The molecule has 1 aliphatic heterocycles. The van der Waals surface area contributed by atoms with Gasteiger partial charge < -0.3 is 5.32 Å². The van der Waals surface area contributed by atoms with Gasteiger partial charge in [0.05, 0.1) is 5.69 Å². The number of amides is 3. The largest absolute Gasteiger partial charge is 0.351 e. The van der Waals surface area contributed by atoms with Crippen molar-refractivity contribution in [1.29, 1.82) is 0 Å². The molecule has 1 N–H and O–H groups in total. The van der Waals surface area contributed by atoms with Gasteiger partial charge in [0.1, 0.15) is 0 Å². The summed E-state index contributed by atoms with van der Waals surface area (Å²) in [6, 6.07) is 16.7. The SMILES string of the molecule is CC[C@@H](CNC(=O)c1ccc(N2C(=O)CCC2=O)cc1)c1ccccc1. The molecule has 1 aliphatic rings. The average Bonchev–Trinajstić information content (AvgIpc) is 3.01. The molecule has 134 valence electrons. The Kier molecular flexibility index (Phi) is 5.46. The van der Waals surface area contributed by atoms with Crippen molar-refractivity contribution in [2.24, 2.45) is 0 Å². The Bertz CT molecular complexity index is 784. The van der Waals surface area contributed by atoms with E-state index in [2.05, 4.69) is 24.4 Å². The molecule has 0 radical (unpaired) electrons. The lowest BCUT2D eigenvalue weighted by molar-refractivity contribution is -0.121. The Morgan fingerprint density at radius 1 is 1.00 bits per heavy atom. The quantitative estimate of drug-likeness (QED) is 0.813. The molecular formula is C21H22N2O3. The number of carbonyl (C=O) groups excluding carboxylic acids is 3. The maximum atomic E-state index is 12.4. The second kappa shape index (κ2) is 7.95. The Balaban J connectivity index is 1.63. The van der Waals surface area contributed by atoms with E-state index < -0.39 is 0 Å². The van der Waals surface area contributed by atoms with Crippen molar-refractivity contribution in [3.8, 4) is 0 Å². The number of carbonyl (C=O) groups is 3. The maximum absolute atomic E-state index is 12.4. The van der Waals surface area contributed by atoms with Gasteiger partial charge in [0.15, 0.2) is 0 Å². The van der Waals surface area contributed by atoms with Gasteiger partial charge in [0, 0.05) is 30.9 Å². The molecule has 1 heterocycles. The highest BCUT2D eigenvalue weighted by molar-refractivity contribution is 6.19. The highest BCUT2D eigenvalue weighted by atomic mass is 16.2. The zero-order chi connectivity index (χ0) is 18.5. The molecule has 0 aromatic heterocycles. The first-order valence-electron chi connectivity index (χ1n) is 8.89. The molecule has 5 nitrogen and oxygen atoms in total. The van der Waals surface area contributed by atoms with E-state index in [1.807, 2.05) is 18.2 Å². The molecule has 0 aliphatic carbocycles. The van der Waals surface area contributed by atoms with E-state index in [1.165, 1.54) is 10.5 Å². The number of hydrogen-bond acceptors (Lipinski definition) is 3. The van der Waals surface area contributed by atoms with Gasteiger partial charge >= 0.3 is 0 Å². The summed E-state index contributed by atoms with van der Waals surface area (Å²) in [5.74, 6) is -0.286. The topological polar surface area (TPSA) is 66.5 Å². The van der Waals surface area contributed by atoms with E-state index in [-0.39, 0.29) is 36.5 Å². The van der Waals surface area contributed by atoms with Gasteiger partial charge in [-0.3, -0.25) is 19.3 Å². The zero-order valence-corrected chi connectivity index (χ0v) is 14.8. The van der Waals surface area contributed by atoms with Crippen LogP contribution in [-0.4, -0.2) is 24.3 Å². The van der Waals surface area contributed by atoms with Crippen LogP contribution in [-0.2, 0) is 9.59 Å². The molecule has 0 spiro atoms. The van der Waals surface area contributed by atoms with E-state index in [4.69, 9.17) is 0 Å². The third kappa shape index (κ3) is 3.82. The number of imide groups is 1. The van der Waals surface area contributed by atoms with Gasteiger partial charge in [0.2, 0.25) is 11.8 Å². The third-order valence-electron chi connectivity index (χ3n) is 4.71. The van der Waals surface area contributed by atoms with Crippen LogP contribution in [0.25, 0.3) is 0 Å². The van der Waals surface area contributed by atoms with E-state index >= 15 is 0 Å². The molecule has 3 rings (SSSR count). The standard InChI is InChI=1S/C21H22N2O3/c1-2-15(16-6-4-3-5-7-16)14-22-21(26)17-8-10-18(11-9-17)23-19(24)12-13-20(23)25/h3-11,15H,2,12-14H2,1H3,(H,22,26)/t15-/m0/s1. The molecule has 1 atom stereocenters. The summed E-state index contributed by atoms with van der Waals surface area (Å²) in [7, 11) is 0. The van der Waals surface area contributed by atoms with Crippen LogP contribution in [0.1, 0.15) is 48.0 Å². The summed E-state index contributed by atoms with van der Waals surface area (Å²) >= 11 is 0. The van der Waals surface area contributed by atoms with Crippen LogP contribution >= 0.6 is 0 Å². The first-order chi connectivity index (χ1) is 12.6. The highest BCUT2D eigenvalue weighted by Gasteiger charge is 2.30. The predicted molar refractivity (Wildman–Crippen MR) is 100.0 cm³/mol. The fourth-order valence-corrected chi connectivity index (χ4v) is 3.17. The van der Waals surface area contributed by atoms with Crippen molar-refractivity contribution in [3.63, 3.8) is 0 Å². The minimum absolute atomic E-state index is 0.162. The molecule has 5 heteroatoms. The van der Waals surface area contributed by atoms with Gasteiger partial charge in [-0.25, -0.2) is 0 Å². The normalized spacial score (nSPS) is 15.2. The lowest BCUT2D eigenvalue weighted by Crippen LogP contribution is -2.29. The van der Waals surface area contributed by atoms with Gasteiger partial charge in [0.25, 0.3) is 5.91 Å². The summed E-state index contributed by atoms with van der Waals surface area (Å²) < 4.78 is 0. The fourth-order valence-electron chi connectivity index (χ4n) is 3.17. The minimum atomic E-state index is -0.194. The van der Waals surface area contributed by atoms with E-state index in [0.717, 1.165) is 6.42 Å². The Hall–Kier alpha value is -2.95. The van der Waals surface area contributed by atoms with Crippen molar-refractivity contribution in [2.75, 3.05) is 11.4 Å². The number of anilines is 1. The molecule has 0 unspecified atom stereocenters. The third-order valence-corrected chi connectivity index (χ3v) is 4.71. The van der Waals surface area contributed by atoms with Crippen LogP contribution in [0.4, 0.5) is 5.69 Å². The first kappa shape index (κ1) is 17.9. The van der Waals surface area contributed by atoms with Crippen LogP contribution < -0.4 is 10.2 Å². The van der Waals surface area contributed by atoms with Gasteiger partial charge in [-0.05, 0) is 36.2 Å². The molecule has 2 aromatic carbocycles. The maximum Gasteiger partial charge on any atom is 0.251 e. The smallest absolute Gasteiger partial charge is 0.251 e. The van der Waals surface area contributed by atoms with Crippen LogP contribution in [0.3, 0.4) is 0 Å². The Labute approximate surface area is 153 Å². The van der Waals surface area contributed by atoms with Crippen LogP contribution in [0.5, 0.6) is 0 Å². The minimum Gasteiger partial charge on any atom is -0.351 e. The van der Waals surface area contributed by atoms with E-state index in [9.17, 15) is 14.4 Å². The molecule has 1 fully saturated rings. The fraction of sp³-hybridized carbons (Fsp3) is 0.286. The predicted octanol–water partition coefficient (Wildman–Crippen LogP) is 3.26. The number of nitrogens with one attached hydrogen (secondary N) is 1. The number of hydrogen-bond donors (Lipinski definition) is 1. The van der Waals surface area contributed by atoms with Crippen molar-refractivity contribution in [1.82, 2.24) is 5.32 Å². The summed E-state index contributed by atoms with van der Waals surface area (Å²) in [6.07, 6.45) is 1.43. The van der Waals surface area contributed by atoms with Gasteiger partial charge in [-0.1, -0.05) is 37.3 Å². The van der Waals surface area contributed by atoms with E-state index in [0.29, 0.717) is 17.8 Å². The van der Waals surface area contributed by atoms with Crippen LogP contribution in [0.2, 0.25) is 0 Å². The van der Waals surface area contributed by atoms with Crippen LogP contribution in [0, 0.1) is 0 Å². The second-order valence-electron chi connectivity index (χ2n) is 6.40. The van der Waals surface area contributed by atoms with Crippen molar-refractivity contribution in [3.05, 3.63) is 65.7 Å². The molecule has 0 bridgehead atoms. The summed E-state index contributed by atoms with van der Waals surface area (Å²) in [5.41, 5.74) is 2.23. The van der Waals surface area contributed by atoms with Crippen molar-refractivity contribution in [2.45, 2.75) is 32.1 Å². The Morgan fingerprint density at radius 2 is 1.62 bits per heavy atom. The molecular weight excluding hydrogens is 328 g/mol. The summed E-state index contributed by atoms with van der Waals surface area (Å²) in [6.45, 7) is 2.66. The Morgan fingerprint density at radius 3 is 2.19 bits per heavy atom. The van der Waals surface area contributed by atoms with Crippen molar-refractivity contribution >= 4 is 23.4 Å². The van der Waals surface area contributed by atoms with Gasteiger partial charge in [-0.2, -0.15) is 0 Å².